The molecule has 0 fully saturated rings. The maximum absolute atomic E-state index is 12.0. The lowest BCUT2D eigenvalue weighted by molar-refractivity contribution is -0.146. The van der Waals surface area contributed by atoms with Gasteiger partial charge in [0.1, 0.15) is 23.8 Å². The Kier molecular flexibility index (Phi) is 6.50. The summed E-state index contributed by atoms with van der Waals surface area (Å²) in [6.07, 6.45) is 0.421. The second kappa shape index (κ2) is 8.60. The molecule has 0 amide bonds. The fourth-order valence-electron chi connectivity index (χ4n) is 2.07. The molecule has 0 aromatic heterocycles. The summed E-state index contributed by atoms with van der Waals surface area (Å²) in [6, 6.07) is 16.3. The van der Waals surface area contributed by atoms with Gasteiger partial charge >= 0.3 is 5.97 Å². The minimum atomic E-state index is -0.686. The smallest absolute Gasteiger partial charge is 0.323 e. The van der Waals surface area contributed by atoms with E-state index < -0.39 is 12.0 Å². The highest BCUT2D eigenvalue weighted by Gasteiger charge is 2.16. The van der Waals surface area contributed by atoms with Gasteiger partial charge in [0.2, 0.25) is 0 Å². The molecule has 2 unspecified atom stereocenters. The minimum Gasteiger partial charge on any atom is -0.480 e. The van der Waals surface area contributed by atoms with Crippen LogP contribution in [-0.2, 0) is 22.6 Å². The quantitative estimate of drug-likeness (QED) is 0.465. The Balaban J connectivity index is 1.83. The van der Waals surface area contributed by atoms with Gasteiger partial charge in [0, 0.05) is 0 Å². The Morgan fingerprint density at radius 2 is 1.74 bits per heavy atom. The Morgan fingerprint density at radius 3 is 2.35 bits per heavy atom. The van der Waals surface area contributed by atoms with Crippen molar-refractivity contribution in [2.45, 2.75) is 31.4 Å². The second-order valence-corrected chi connectivity index (χ2v) is 5.99. The molecule has 0 spiro atoms. The summed E-state index contributed by atoms with van der Waals surface area (Å²) >= 11 is 4.17. The van der Waals surface area contributed by atoms with Crippen molar-refractivity contribution in [3.05, 3.63) is 65.7 Å². The maximum atomic E-state index is 12.0. The van der Waals surface area contributed by atoms with Crippen molar-refractivity contribution in [1.82, 2.24) is 0 Å². The van der Waals surface area contributed by atoms with Gasteiger partial charge < -0.3 is 15.2 Å². The highest BCUT2D eigenvalue weighted by atomic mass is 32.1. The SMILES string of the molecule is CC(S)Oc1ccc(CC(N)C(=O)OCc2ccccc2)cc1. The van der Waals surface area contributed by atoms with Crippen LogP contribution in [0.4, 0.5) is 0 Å². The molecule has 5 heteroatoms. The van der Waals surface area contributed by atoms with Gasteiger partial charge in [0.25, 0.3) is 0 Å². The topological polar surface area (TPSA) is 61.5 Å². The zero-order valence-corrected chi connectivity index (χ0v) is 13.9. The number of hydrogen-bond donors (Lipinski definition) is 2. The molecule has 0 bridgehead atoms. The van der Waals surface area contributed by atoms with Crippen molar-refractivity contribution in [1.29, 1.82) is 0 Å². The van der Waals surface area contributed by atoms with Crippen LogP contribution < -0.4 is 10.5 Å². The van der Waals surface area contributed by atoms with Crippen molar-refractivity contribution >= 4 is 18.6 Å². The highest BCUT2D eigenvalue weighted by Crippen LogP contribution is 2.16. The van der Waals surface area contributed by atoms with E-state index >= 15 is 0 Å². The fraction of sp³-hybridized carbons (Fsp3) is 0.278. The lowest BCUT2D eigenvalue weighted by atomic mass is 10.1. The van der Waals surface area contributed by atoms with E-state index in [-0.39, 0.29) is 12.0 Å². The highest BCUT2D eigenvalue weighted by molar-refractivity contribution is 7.80. The summed E-state index contributed by atoms with van der Waals surface area (Å²) in [5.74, 6) is 0.328. The normalized spacial score (nSPS) is 13.2. The Morgan fingerprint density at radius 1 is 1.09 bits per heavy atom. The van der Waals surface area contributed by atoms with Gasteiger partial charge in [-0.05, 0) is 36.6 Å². The molecule has 0 heterocycles. The molecule has 0 aliphatic rings. The monoisotopic (exact) mass is 331 g/mol. The Bertz CT molecular complexity index is 614. The van der Waals surface area contributed by atoms with Gasteiger partial charge in [-0.25, -0.2) is 0 Å². The average molecular weight is 331 g/mol. The maximum Gasteiger partial charge on any atom is 0.323 e. The molecule has 0 radical (unpaired) electrons. The van der Waals surface area contributed by atoms with E-state index in [9.17, 15) is 4.79 Å². The number of nitrogens with two attached hydrogens (primary N) is 1. The molecule has 0 aliphatic heterocycles. The summed E-state index contributed by atoms with van der Waals surface area (Å²) < 4.78 is 10.7. The molecule has 23 heavy (non-hydrogen) atoms. The van der Waals surface area contributed by atoms with E-state index in [1.807, 2.05) is 61.5 Å². The number of esters is 1. The third-order valence-corrected chi connectivity index (χ3v) is 3.32. The lowest BCUT2D eigenvalue weighted by Crippen LogP contribution is -2.34. The van der Waals surface area contributed by atoms with Crippen LogP contribution in [0.1, 0.15) is 18.1 Å². The molecule has 4 nitrogen and oxygen atoms in total. The lowest BCUT2D eigenvalue weighted by Gasteiger charge is -2.13. The number of hydrogen-bond acceptors (Lipinski definition) is 5. The summed E-state index contributed by atoms with van der Waals surface area (Å²) in [4.78, 5) is 12.0. The van der Waals surface area contributed by atoms with Gasteiger partial charge in [-0.15, -0.1) is 12.6 Å². The Labute approximate surface area is 142 Å². The van der Waals surface area contributed by atoms with Crippen LogP contribution >= 0.6 is 12.6 Å². The molecule has 2 rings (SSSR count). The molecule has 2 aromatic rings. The number of ether oxygens (including phenoxy) is 2. The molecular weight excluding hydrogens is 310 g/mol. The number of benzene rings is 2. The summed E-state index contributed by atoms with van der Waals surface area (Å²) in [7, 11) is 0. The third-order valence-electron chi connectivity index (χ3n) is 3.21. The molecular formula is C18H21NO3S. The molecule has 2 atom stereocenters. The number of thiol groups is 1. The number of carbonyl (C=O) groups excluding carboxylic acids is 1. The van der Waals surface area contributed by atoms with Gasteiger partial charge in [-0.2, -0.15) is 0 Å². The first-order chi connectivity index (χ1) is 11.0. The van der Waals surface area contributed by atoms with Crippen LogP contribution in [0.5, 0.6) is 5.75 Å². The van der Waals surface area contributed by atoms with Crippen LogP contribution in [0.15, 0.2) is 54.6 Å². The van der Waals surface area contributed by atoms with E-state index in [0.29, 0.717) is 6.42 Å². The predicted molar refractivity (Wildman–Crippen MR) is 93.4 cm³/mol. The standard InChI is InChI=1S/C18H21NO3S/c1-13(23)22-16-9-7-14(8-10-16)11-17(19)18(20)21-12-15-5-3-2-4-6-15/h2-10,13,17,23H,11-12,19H2,1H3. The van der Waals surface area contributed by atoms with Gasteiger partial charge in [-0.3, -0.25) is 4.79 Å². The molecule has 2 N–H and O–H groups in total. The van der Waals surface area contributed by atoms with Gasteiger partial charge in [0.05, 0.1) is 0 Å². The predicted octanol–water partition coefficient (Wildman–Crippen LogP) is 2.95. The van der Waals surface area contributed by atoms with E-state index in [2.05, 4.69) is 12.6 Å². The van der Waals surface area contributed by atoms with E-state index in [1.165, 1.54) is 0 Å². The zero-order valence-electron chi connectivity index (χ0n) is 13.0. The van der Waals surface area contributed by atoms with Crippen LogP contribution in [0.2, 0.25) is 0 Å². The molecule has 122 valence electrons. The first-order valence-corrected chi connectivity index (χ1v) is 7.96. The second-order valence-electron chi connectivity index (χ2n) is 5.27. The molecule has 0 aliphatic carbocycles. The first-order valence-electron chi connectivity index (χ1n) is 7.44. The third kappa shape index (κ3) is 5.96. The van der Waals surface area contributed by atoms with Gasteiger partial charge in [0.15, 0.2) is 0 Å². The van der Waals surface area contributed by atoms with Crippen molar-refractivity contribution in [2.75, 3.05) is 0 Å². The summed E-state index contributed by atoms with van der Waals surface area (Å²) in [5.41, 5.74) is 7.64. The van der Waals surface area contributed by atoms with Crippen molar-refractivity contribution in [2.24, 2.45) is 5.73 Å². The molecule has 0 saturated heterocycles. The van der Waals surface area contributed by atoms with Crippen LogP contribution in [0.25, 0.3) is 0 Å². The van der Waals surface area contributed by atoms with E-state index in [0.717, 1.165) is 16.9 Å². The van der Waals surface area contributed by atoms with E-state index in [1.54, 1.807) is 0 Å². The van der Waals surface area contributed by atoms with Crippen molar-refractivity contribution in [3.63, 3.8) is 0 Å². The van der Waals surface area contributed by atoms with Crippen molar-refractivity contribution in [3.8, 4) is 5.75 Å². The molecule has 2 aromatic carbocycles. The first kappa shape index (κ1) is 17.4. The van der Waals surface area contributed by atoms with Crippen LogP contribution in [-0.4, -0.2) is 17.4 Å². The number of carbonyl (C=O) groups is 1. The summed E-state index contributed by atoms with van der Waals surface area (Å²) in [5, 5.41) is 0. The fourth-order valence-corrected chi connectivity index (χ4v) is 2.20. The number of rotatable bonds is 7. The minimum absolute atomic E-state index is 0.170. The van der Waals surface area contributed by atoms with E-state index in [4.69, 9.17) is 15.2 Å². The Hall–Kier alpha value is -1.98. The van der Waals surface area contributed by atoms with Crippen LogP contribution in [0.3, 0.4) is 0 Å². The zero-order chi connectivity index (χ0) is 16.7. The van der Waals surface area contributed by atoms with Gasteiger partial charge in [-0.1, -0.05) is 42.5 Å². The largest absolute Gasteiger partial charge is 0.480 e. The molecule has 0 saturated carbocycles. The summed E-state index contributed by atoms with van der Waals surface area (Å²) in [6.45, 7) is 2.08. The van der Waals surface area contributed by atoms with Crippen molar-refractivity contribution < 1.29 is 14.3 Å². The van der Waals surface area contributed by atoms with Crippen LogP contribution in [0, 0.1) is 0 Å². The average Bonchev–Trinajstić information content (AvgIpc) is 2.55.